The van der Waals surface area contributed by atoms with Crippen LogP contribution in [-0.2, 0) is 11.2 Å². The minimum Gasteiger partial charge on any atom is -0.494 e. The quantitative estimate of drug-likeness (QED) is 0.575. The van der Waals surface area contributed by atoms with Gasteiger partial charge in [0.25, 0.3) is 0 Å². The van der Waals surface area contributed by atoms with E-state index >= 15 is 0 Å². The van der Waals surface area contributed by atoms with Crippen molar-refractivity contribution >= 4 is 0 Å². The lowest BCUT2D eigenvalue weighted by atomic mass is 10.0. The molecule has 0 saturated carbocycles. The van der Waals surface area contributed by atoms with Crippen LogP contribution in [0.4, 0.5) is 4.39 Å². The fourth-order valence-electron chi connectivity index (χ4n) is 1.84. The van der Waals surface area contributed by atoms with Crippen LogP contribution in [0.25, 0.3) is 0 Å². The molecule has 0 aliphatic heterocycles. The summed E-state index contributed by atoms with van der Waals surface area (Å²) in [5.41, 5.74) is 3.28. The molecule has 0 aliphatic rings. The van der Waals surface area contributed by atoms with E-state index in [2.05, 4.69) is 5.43 Å². The van der Waals surface area contributed by atoms with Crippen molar-refractivity contribution in [2.45, 2.75) is 31.9 Å². The van der Waals surface area contributed by atoms with E-state index in [0.717, 1.165) is 0 Å². The highest BCUT2D eigenvalue weighted by Gasteiger charge is 2.16. The van der Waals surface area contributed by atoms with Crippen molar-refractivity contribution in [3.8, 4) is 5.75 Å². The lowest BCUT2D eigenvalue weighted by molar-refractivity contribution is 0.100. The standard InChI is InChI=1S/C13H21FN2O2/c1-9(17-2)7-11(16-15)8-10-5-4-6-12(18-3)13(10)14/h4-6,9,11,16H,7-8,15H2,1-3H3. The van der Waals surface area contributed by atoms with Gasteiger partial charge in [0.15, 0.2) is 11.6 Å². The molecule has 0 fully saturated rings. The number of halogens is 1. The average Bonchev–Trinajstić information content (AvgIpc) is 2.39. The first kappa shape index (κ1) is 14.9. The second-order valence-corrected chi connectivity index (χ2v) is 4.28. The number of benzene rings is 1. The number of ether oxygens (including phenoxy) is 2. The van der Waals surface area contributed by atoms with Gasteiger partial charge >= 0.3 is 0 Å². The Balaban J connectivity index is 2.75. The third-order valence-corrected chi connectivity index (χ3v) is 2.98. The Morgan fingerprint density at radius 2 is 2.11 bits per heavy atom. The van der Waals surface area contributed by atoms with Gasteiger partial charge in [-0.1, -0.05) is 12.1 Å². The Labute approximate surface area is 107 Å². The van der Waals surface area contributed by atoms with Crippen LogP contribution in [0.2, 0.25) is 0 Å². The van der Waals surface area contributed by atoms with Gasteiger partial charge in [0, 0.05) is 13.2 Å². The molecule has 3 N–H and O–H groups in total. The Morgan fingerprint density at radius 3 is 2.67 bits per heavy atom. The van der Waals surface area contributed by atoms with Crippen molar-refractivity contribution in [3.05, 3.63) is 29.6 Å². The average molecular weight is 256 g/mol. The van der Waals surface area contributed by atoms with Crippen LogP contribution in [-0.4, -0.2) is 26.4 Å². The molecule has 4 nitrogen and oxygen atoms in total. The van der Waals surface area contributed by atoms with Gasteiger partial charge in [-0.05, 0) is 31.4 Å². The molecule has 1 aromatic rings. The van der Waals surface area contributed by atoms with E-state index in [1.54, 1.807) is 25.3 Å². The normalized spacial score (nSPS) is 14.3. The van der Waals surface area contributed by atoms with Crippen molar-refractivity contribution in [2.24, 2.45) is 5.84 Å². The summed E-state index contributed by atoms with van der Waals surface area (Å²) in [5, 5.41) is 0. The number of hydrazine groups is 1. The van der Waals surface area contributed by atoms with E-state index in [1.807, 2.05) is 6.92 Å². The van der Waals surface area contributed by atoms with Crippen molar-refractivity contribution in [2.75, 3.05) is 14.2 Å². The van der Waals surface area contributed by atoms with Crippen molar-refractivity contribution in [1.29, 1.82) is 0 Å². The summed E-state index contributed by atoms with van der Waals surface area (Å²) >= 11 is 0. The largest absolute Gasteiger partial charge is 0.494 e. The smallest absolute Gasteiger partial charge is 0.168 e. The first-order valence-electron chi connectivity index (χ1n) is 5.92. The third kappa shape index (κ3) is 3.94. The maximum absolute atomic E-state index is 14.0. The lowest BCUT2D eigenvalue weighted by Crippen LogP contribution is -2.39. The molecule has 0 bridgehead atoms. The number of nitrogens with two attached hydrogens (primary N) is 1. The molecule has 0 radical (unpaired) electrons. The maximum atomic E-state index is 14.0. The van der Waals surface area contributed by atoms with Crippen LogP contribution in [0.5, 0.6) is 5.75 Å². The molecule has 5 heteroatoms. The molecule has 18 heavy (non-hydrogen) atoms. The summed E-state index contributed by atoms with van der Waals surface area (Å²) in [6, 6.07) is 5.06. The van der Waals surface area contributed by atoms with E-state index < -0.39 is 0 Å². The summed E-state index contributed by atoms with van der Waals surface area (Å²) in [5.74, 6) is 5.41. The minimum absolute atomic E-state index is 0.0402. The fourth-order valence-corrected chi connectivity index (χ4v) is 1.84. The number of nitrogens with one attached hydrogen (secondary N) is 1. The zero-order valence-corrected chi connectivity index (χ0v) is 11.1. The van der Waals surface area contributed by atoms with Gasteiger partial charge in [0.1, 0.15) is 0 Å². The van der Waals surface area contributed by atoms with Crippen LogP contribution < -0.4 is 16.0 Å². The predicted molar refractivity (Wildman–Crippen MR) is 68.9 cm³/mol. The second-order valence-electron chi connectivity index (χ2n) is 4.28. The number of rotatable bonds is 7. The van der Waals surface area contributed by atoms with E-state index in [1.165, 1.54) is 7.11 Å². The van der Waals surface area contributed by atoms with Crippen molar-refractivity contribution < 1.29 is 13.9 Å². The molecule has 2 atom stereocenters. The van der Waals surface area contributed by atoms with Gasteiger partial charge in [-0.25, -0.2) is 4.39 Å². The number of methoxy groups -OCH3 is 2. The Kier molecular flexibility index (Phi) is 6.04. The van der Waals surface area contributed by atoms with Gasteiger partial charge in [-0.2, -0.15) is 0 Å². The second kappa shape index (κ2) is 7.31. The van der Waals surface area contributed by atoms with E-state index in [0.29, 0.717) is 18.4 Å². The summed E-state index contributed by atoms with van der Waals surface area (Å²) in [6.07, 6.45) is 1.27. The maximum Gasteiger partial charge on any atom is 0.168 e. The molecule has 102 valence electrons. The first-order valence-corrected chi connectivity index (χ1v) is 5.92. The molecule has 2 unspecified atom stereocenters. The SMILES string of the molecule is COc1cccc(CC(CC(C)OC)NN)c1F. The Hall–Kier alpha value is -1.17. The van der Waals surface area contributed by atoms with Gasteiger partial charge < -0.3 is 9.47 Å². The van der Waals surface area contributed by atoms with Gasteiger partial charge in [-0.15, -0.1) is 0 Å². The highest BCUT2D eigenvalue weighted by Crippen LogP contribution is 2.21. The van der Waals surface area contributed by atoms with E-state index in [9.17, 15) is 4.39 Å². The monoisotopic (exact) mass is 256 g/mol. The lowest BCUT2D eigenvalue weighted by Gasteiger charge is -2.20. The Bertz CT molecular complexity index is 374. The molecule has 0 amide bonds. The van der Waals surface area contributed by atoms with Crippen LogP contribution in [0, 0.1) is 5.82 Å². The summed E-state index contributed by atoms with van der Waals surface area (Å²) in [4.78, 5) is 0. The Morgan fingerprint density at radius 1 is 1.39 bits per heavy atom. The first-order chi connectivity index (χ1) is 8.62. The molecule has 1 rings (SSSR count). The molecule has 1 aromatic carbocycles. The zero-order valence-electron chi connectivity index (χ0n) is 11.1. The third-order valence-electron chi connectivity index (χ3n) is 2.98. The van der Waals surface area contributed by atoms with Gasteiger partial charge in [0.05, 0.1) is 13.2 Å². The molecular weight excluding hydrogens is 235 g/mol. The molecule has 0 aliphatic carbocycles. The van der Waals surface area contributed by atoms with Crippen molar-refractivity contribution in [3.63, 3.8) is 0 Å². The molecular formula is C13H21FN2O2. The zero-order chi connectivity index (χ0) is 13.5. The topological polar surface area (TPSA) is 56.5 Å². The predicted octanol–water partition coefficient (Wildman–Crippen LogP) is 1.63. The molecule has 0 heterocycles. The molecule has 0 saturated heterocycles. The number of hydrogen-bond donors (Lipinski definition) is 2. The number of hydrogen-bond acceptors (Lipinski definition) is 4. The van der Waals surface area contributed by atoms with Crippen LogP contribution in [0.1, 0.15) is 18.9 Å². The van der Waals surface area contributed by atoms with E-state index in [4.69, 9.17) is 15.3 Å². The molecule has 0 spiro atoms. The summed E-state index contributed by atoms with van der Waals surface area (Å²) in [7, 11) is 3.10. The van der Waals surface area contributed by atoms with Crippen LogP contribution in [0.15, 0.2) is 18.2 Å². The highest BCUT2D eigenvalue weighted by molar-refractivity contribution is 5.31. The van der Waals surface area contributed by atoms with Gasteiger partial charge in [0.2, 0.25) is 0 Å². The van der Waals surface area contributed by atoms with Crippen LogP contribution in [0.3, 0.4) is 0 Å². The van der Waals surface area contributed by atoms with Gasteiger partial charge in [-0.3, -0.25) is 11.3 Å². The highest BCUT2D eigenvalue weighted by atomic mass is 19.1. The van der Waals surface area contributed by atoms with Crippen molar-refractivity contribution in [1.82, 2.24) is 5.43 Å². The fraction of sp³-hybridized carbons (Fsp3) is 0.538. The molecule has 0 aromatic heterocycles. The summed E-state index contributed by atoms with van der Waals surface area (Å²) < 4.78 is 24.1. The van der Waals surface area contributed by atoms with E-state index in [-0.39, 0.29) is 23.7 Å². The minimum atomic E-state index is -0.328. The summed E-state index contributed by atoms with van der Waals surface area (Å²) in [6.45, 7) is 1.95. The van der Waals surface area contributed by atoms with Crippen LogP contribution >= 0.6 is 0 Å².